The van der Waals surface area contributed by atoms with Crippen LogP contribution in [-0.2, 0) is 14.8 Å². The van der Waals surface area contributed by atoms with Gasteiger partial charge in [0.05, 0.1) is 17.0 Å². The molecular formula is C12H15BrN2O5S. The number of carboxylic acid groups (broad SMARTS) is 1. The lowest BCUT2D eigenvalue weighted by Gasteiger charge is -2.19. The molecule has 0 bridgehead atoms. The molecule has 0 aliphatic heterocycles. The zero-order valence-electron chi connectivity index (χ0n) is 11.5. The maximum absolute atomic E-state index is 12.4. The molecule has 0 spiro atoms. The number of carbonyl (C=O) groups excluding carboxylic acids is 1. The van der Waals surface area contributed by atoms with E-state index in [4.69, 9.17) is 5.11 Å². The number of aromatic carboxylic acids is 1. The summed E-state index contributed by atoms with van der Waals surface area (Å²) in [5, 5.41) is 11.4. The predicted octanol–water partition coefficient (Wildman–Crippen LogP) is 0.904. The highest BCUT2D eigenvalue weighted by molar-refractivity contribution is 9.10. The zero-order chi connectivity index (χ0) is 16.2. The van der Waals surface area contributed by atoms with Crippen LogP contribution in [0.5, 0.6) is 0 Å². The van der Waals surface area contributed by atoms with E-state index in [1.165, 1.54) is 19.2 Å². The Balaban J connectivity index is 3.26. The largest absolute Gasteiger partial charge is 0.478 e. The van der Waals surface area contributed by atoms with Crippen LogP contribution >= 0.6 is 15.9 Å². The molecule has 0 aromatic heterocycles. The number of halogens is 1. The minimum atomic E-state index is -3.94. The third-order valence-corrected chi connectivity index (χ3v) is 5.37. The molecule has 0 heterocycles. The first-order valence-electron chi connectivity index (χ1n) is 5.97. The van der Waals surface area contributed by atoms with Gasteiger partial charge in [0.25, 0.3) is 0 Å². The highest BCUT2D eigenvalue weighted by Gasteiger charge is 2.26. The quantitative estimate of drug-likeness (QED) is 0.765. The first-order valence-corrected chi connectivity index (χ1v) is 8.21. The van der Waals surface area contributed by atoms with Gasteiger partial charge >= 0.3 is 5.97 Å². The number of amides is 1. The van der Waals surface area contributed by atoms with Crippen molar-refractivity contribution in [2.75, 3.05) is 20.1 Å². The molecule has 21 heavy (non-hydrogen) atoms. The molecule has 116 valence electrons. The number of nitrogens with zero attached hydrogens (tertiary/aromatic N) is 1. The molecule has 0 aliphatic rings. The lowest BCUT2D eigenvalue weighted by molar-refractivity contribution is -0.120. The summed E-state index contributed by atoms with van der Waals surface area (Å²) in [6, 6.07) is 3.71. The van der Waals surface area contributed by atoms with Gasteiger partial charge in [-0.3, -0.25) is 4.79 Å². The summed E-state index contributed by atoms with van der Waals surface area (Å²) in [4.78, 5) is 22.3. The van der Waals surface area contributed by atoms with Crippen LogP contribution in [-0.4, -0.2) is 49.8 Å². The van der Waals surface area contributed by atoms with Crippen LogP contribution < -0.4 is 5.32 Å². The van der Waals surface area contributed by atoms with Gasteiger partial charge < -0.3 is 10.4 Å². The van der Waals surface area contributed by atoms with Crippen molar-refractivity contribution in [3.05, 3.63) is 28.2 Å². The predicted molar refractivity (Wildman–Crippen MR) is 79.6 cm³/mol. The second kappa shape index (κ2) is 7.01. The molecule has 1 rings (SSSR count). The summed E-state index contributed by atoms with van der Waals surface area (Å²) in [6.45, 7) is 1.36. The van der Waals surface area contributed by atoms with E-state index in [0.29, 0.717) is 0 Å². The van der Waals surface area contributed by atoms with Crippen molar-refractivity contribution in [2.45, 2.75) is 11.8 Å². The van der Waals surface area contributed by atoms with Crippen molar-refractivity contribution in [1.29, 1.82) is 0 Å². The van der Waals surface area contributed by atoms with E-state index in [9.17, 15) is 18.0 Å². The number of carboxylic acids is 1. The fraction of sp³-hybridized carbons (Fsp3) is 0.333. The molecule has 0 saturated carbocycles. The number of sulfonamides is 1. The van der Waals surface area contributed by atoms with Crippen LogP contribution in [0.3, 0.4) is 0 Å². The smallest absolute Gasteiger partial charge is 0.336 e. The van der Waals surface area contributed by atoms with E-state index in [0.717, 1.165) is 10.4 Å². The Kier molecular flexibility index (Phi) is 5.87. The zero-order valence-corrected chi connectivity index (χ0v) is 13.9. The standard InChI is InChI=1S/C12H15BrN2O5S/c1-3-15(7-11(16)14-2)21(19,20)8-4-5-10(13)9(6-8)12(17)18/h4-6H,3,7H2,1-2H3,(H,14,16)(H,17,18). The third-order valence-electron chi connectivity index (χ3n) is 2.76. The summed E-state index contributed by atoms with van der Waals surface area (Å²) in [7, 11) is -2.53. The lowest BCUT2D eigenvalue weighted by Crippen LogP contribution is -2.39. The summed E-state index contributed by atoms with van der Waals surface area (Å²) in [6.07, 6.45) is 0. The second-order valence-corrected chi connectivity index (χ2v) is 6.84. The Bertz CT molecular complexity index is 660. The number of rotatable bonds is 6. The maximum atomic E-state index is 12.4. The Morgan fingerprint density at radius 3 is 2.48 bits per heavy atom. The van der Waals surface area contributed by atoms with Crippen molar-refractivity contribution < 1.29 is 23.1 Å². The Morgan fingerprint density at radius 1 is 1.38 bits per heavy atom. The van der Waals surface area contributed by atoms with E-state index in [1.807, 2.05) is 0 Å². The van der Waals surface area contributed by atoms with Crippen molar-refractivity contribution >= 4 is 37.8 Å². The van der Waals surface area contributed by atoms with Gasteiger partial charge in [0.2, 0.25) is 15.9 Å². The molecule has 2 N–H and O–H groups in total. The molecule has 0 fully saturated rings. The summed E-state index contributed by atoms with van der Waals surface area (Å²) >= 11 is 3.05. The summed E-state index contributed by atoms with van der Waals surface area (Å²) in [5.74, 6) is -1.69. The van der Waals surface area contributed by atoms with Gasteiger partial charge in [-0.05, 0) is 34.1 Å². The van der Waals surface area contributed by atoms with Crippen LogP contribution in [0.15, 0.2) is 27.6 Å². The third kappa shape index (κ3) is 4.02. The molecule has 1 aromatic rings. The number of nitrogens with one attached hydrogen (secondary N) is 1. The van der Waals surface area contributed by atoms with Gasteiger partial charge in [-0.2, -0.15) is 4.31 Å². The number of likely N-dealkylation sites (N-methyl/N-ethyl adjacent to an activating group) is 2. The summed E-state index contributed by atoms with van der Waals surface area (Å²) < 4.78 is 26.1. The first kappa shape index (κ1) is 17.6. The molecule has 0 unspecified atom stereocenters. The average molecular weight is 379 g/mol. The van der Waals surface area contributed by atoms with Crippen molar-refractivity contribution in [2.24, 2.45) is 0 Å². The van der Waals surface area contributed by atoms with Gasteiger partial charge in [-0.15, -0.1) is 0 Å². The van der Waals surface area contributed by atoms with E-state index >= 15 is 0 Å². The topological polar surface area (TPSA) is 104 Å². The van der Waals surface area contributed by atoms with Crippen molar-refractivity contribution in [3.8, 4) is 0 Å². The van der Waals surface area contributed by atoms with Gasteiger partial charge in [0, 0.05) is 18.1 Å². The fourth-order valence-electron chi connectivity index (χ4n) is 1.58. The van der Waals surface area contributed by atoms with Gasteiger partial charge in [-0.1, -0.05) is 6.92 Å². The number of carbonyl (C=O) groups is 2. The highest BCUT2D eigenvalue weighted by atomic mass is 79.9. The van der Waals surface area contributed by atoms with Crippen LogP contribution in [0, 0.1) is 0 Å². The molecule has 0 aliphatic carbocycles. The van der Waals surface area contributed by atoms with Gasteiger partial charge in [0.15, 0.2) is 0 Å². The second-order valence-electron chi connectivity index (χ2n) is 4.05. The SMILES string of the molecule is CCN(CC(=O)NC)S(=O)(=O)c1ccc(Br)c(C(=O)O)c1. The monoisotopic (exact) mass is 378 g/mol. The number of hydrogen-bond acceptors (Lipinski definition) is 4. The minimum absolute atomic E-state index is 0.0915. The van der Waals surface area contributed by atoms with Gasteiger partial charge in [-0.25, -0.2) is 13.2 Å². The van der Waals surface area contributed by atoms with Crippen LogP contribution in [0.25, 0.3) is 0 Å². The van der Waals surface area contributed by atoms with E-state index in [-0.39, 0.29) is 28.0 Å². The lowest BCUT2D eigenvalue weighted by atomic mass is 10.2. The molecule has 1 amide bonds. The molecule has 1 aromatic carbocycles. The van der Waals surface area contributed by atoms with Crippen LogP contribution in [0.4, 0.5) is 0 Å². The maximum Gasteiger partial charge on any atom is 0.336 e. The number of hydrogen-bond donors (Lipinski definition) is 2. The van der Waals surface area contributed by atoms with Crippen LogP contribution in [0.1, 0.15) is 17.3 Å². The average Bonchev–Trinajstić information content (AvgIpc) is 2.43. The molecule has 0 radical (unpaired) electrons. The van der Waals surface area contributed by atoms with Gasteiger partial charge in [0.1, 0.15) is 0 Å². The Hall–Kier alpha value is -1.45. The highest BCUT2D eigenvalue weighted by Crippen LogP contribution is 2.23. The summed E-state index contributed by atoms with van der Waals surface area (Å²) in [5.41, 5.74) is -0.160. The molecular weight excluding hydrogens is 364 g/mol. The Morgan fingerprint density at radius 2 is 2.00 bits per heavy atom. The fourth-order valence-corrected chi connectivity index (χ4v) is 3.43. The van der Waals surface area contributed by atoms with Crippen LogP contribution in [0.2, 0.25) is 0 Å². The van der Waals surface area contributed by atoms with E-state index in [2.05, 4.69) is 21.2 Å². The number of benzene rings is 1. The van der Waals surface area contributed by atoms with Crippen molar-refractivity contribution in [3.63, 3.8) is 0 Å². The minimum Gasteiger partial charge on any atom is -0.478 e. The van der Waals surface area contributed by atoms with Crippen molar-refractivity contribution in [1.82, 2.24) is 9.62 Å². The van der Waals surface area contributed by atoms with E-state index < -0.39 is 21.9 Å². The molecule has 0 atom stereocenters. The van der Waals surface area contributed by atoms with E-state index in [1.54, 1.807) is 6.92 Å². The molecule has 0 saturated heterocycles. The normalized spacial score (nSPS) is 11.4. The molecule has 9 heteroatoms. The molecule has 7 nitrogen and oxygen atoms in total. The Labute approximate surface area is 131 Å². The first-order chi connectivity index (χ1) is 9.73.